The van der Waals surface area contributed by atoms with E-state index in [1.54, 1.807) is 0 Å². The van der Waals surface area contributed by atoms with Crippen LogP contribution in [0.1, 0.15) is 18.2 Å². The third-order valence-electron chi connectivity index (χ3n) is 3.97. The number of aliphatic imine (C=N–C) groups is 1. The largest absolute Gasteiger partial charge is 0.379 e. The quantitative estimate of drug-likeness (QED) is 0.447. The van der Waals surface area contributed by atoms with Crippen molar-refractivity contribution in [2.45, 2.75) is 19.8 Å². The Morgan fingerprint density at radius 3 is 2.96 bits per heavy atom. The van der Waals surface area contributed by atoms with Crippen LogP contribution in [0.4, 0.5) is 0 Å². The molecule has 0 atom stereocenters. The molecule has 0 saturated carbocycles. The fourth-order valence-electron chi connectivity index (χ4n) is 2.61. The lowest BCUT2D eigenvalue weighted by Gasteiger charge is -2.26. The molecule has 0 aromatic carbocycles. The molecule has 1 aromatic rings. The Hall–Kier alpha value is -1.11. The van der Waals surface area contributed by atoms with Gasteiger partial charge in [-0.2, -0.15) is 0 Å². The molecule has 23 heavy (non-hydrogen) atoms. The Morgan fingerprint density at radius 1 is 1.43 bits per heavy atom. The van der Waals surface area contributed by atoms with Crippen LogP contribution in [-0.4, -0.2) is 75.3 Å². The SMILES string of the molecule is CCNC(=NCCCN1CCOCC1)N(C)CCc1cccs1. The summed E-state index contributed by atoms with van der Waals surface area (Å²) in [4.78, 5) is 10.9. The van der Waals surface area contributed by atoms with Gasteiger partial charge in [0.2, 0.25) is 0 Å². The maximum Gasteiger partial charge on any atom is 0.193 e. The van der Waals surface area contributed by atoms with E-state index in [-0.39, 0.29) is 0 Å². The molecule has 1 aromatic heterocycles. The van der Waals surface area contributed by atoms with Crippen molar-refractivity contribution in [3.8, 4) is 0 Å². The minimum absolute atomic E-state index is 0.872. The second kappa shape index (κ2) is 10.6. The van der Waals surface area contributed by atoms with Gasteiger partial charge in [-0.1, -0.05) is 6.07 Å². The Bertz CT molecular complexity index is 443. The first-order valence-corrected chi connectivity index (χ1v) is 9.49. The highest BCUT2D eigenvalue weighted by Crippen LogP contribution is 2.09. The number of guanidine groups is 1. The second-order valence-electron chi connectivity index (χ2n) is 5.79. The summed E-state index contributed by atoms with van der Waals surface area (Å²) in [6, 6.07) is 4.32. The molecule has 0 radical (unpaired) electrons. The van der Waals surface area contributed by atoms with Gasteiger partial charge in [-0.05, 0) is 31.2 Å². The van der Waals surface area contributed by atoms with Crippen molar-refractivity contribution in [2.75, 3.05) is 59.5 Å². The van der Waals surface area contributed by atoms with E-state index in [4.69, 9.17) is 9.73 Å². The summed E-state index contributed by atoms with van der Waals surface area (Å²) in [5.41, 5.74) is 0. The summed E-state index contributed by atoms with van der Waals surface area (Å²) in [7, 11) is 2.12. The van der Waals surface area contributed by atoms with Crippen LogP contribution >= 0.6 is 11.3 Å². The molecular formula is C17H30N4OS. The number of ether oxygens (including phenoxy) is 1. The molecule has 1 aliphatic heterocycles. The highest BCUT2D eigenvalue weighted by atomic mass is 32.1. The molecule has 0 bridgehead atoms. The van der Waals surface area contributed by atoms with E-state index >= 15 is 0 Å². The number of morpholine rings is 1. The molecule has 0 amide bonds. The number of nitrogens with zero attached hydrogens (tertiary/aromatic N) is 3. The standard InChI is InChI=1S/C17H30N4OS/c1-3-18-17(20(2)10-7-16-6-4-15-23-16)19-8-5-9-21-11-13-22-14-12-21/h4,6,15H,3,5,7-14H2,1-2H3,(H,18,19). The summed E-state index contributed by atoms with van der Waals surface area (Å²) < 4.78 is 5.38. The van der Waals surface area contributed by atoms with Gasteiger partial charge in [0.15, 0.2) is 5.96 Å². The number of thiophene rings is 1. The Kier molecular flexibility index (Phi) is 8.42. The van der Waals surface area contributed by atoms with Crippen LogP contribution in [0.2, 0.25) is 0 Å². The molecule has 0 spiro atoms. The monoisotopic (exact) mass is 338 g/mol. The van der Waals surface area contributed by atoms with Gasteiger partial charge in [-0.3, -0.25) is 9.89 Å². The van der Waals surface area contributed by atoms with Gasteiger partial charge in [0, 0.05) is 51.2 Å². The van der Waals surface area contributed by atoms with E-state index in [0.717, 1.165) is 71.3 Å². The molecule has 2 heterocycles. The number of likely N-dealkylation sites (N-methyl/N-ethyl adjacent to an activating group) is 1. The van der Waals surface area contributed by atoms with Crippen molar-refractivity contribution in [3.63, 3.8) is 0 Å². The topological polar surface area (TPSA) is 40.1 Å². The van der Waals surface area contributed by atoms with Gasteiger partial charge in [0.1, 0.15) is 0 Å². The van der Waals surface area contributed by atoms with Crippen molar-refractivity contribution in [1.82, 2.24) is 15.1 Å². The number of nitrogens with one attached hydrogen (secondary N) is 1. The van der Waals surface area contributed by atoms with Crippen molar-refractivity contribution in [3.05, 3.63) is 22.4 Å². The maximum absolute atomic E-state index is 5.38. The zero-order valence-electron chi connectivity index (χ0n) is 14.5. The van der Waals surface area contributed by atoms with Gasteiger partial charge >= 0.3 is 0 Å². The van der Waals surface area contributed by atoms with Crippen molar-refractivity contribution >= 4 is 17.3 Å². The minimum Gasteiger partial charge on any atom is -0.379 e. The minimum atomic E-state index is 0.872. The average molecular weight is 339 g/mol. The van der Waals surface area contributed by atoms with Crippen LogP contribution in [0.5, 0.6) is 0 Å². The summed E-state index contributed by atoms with van der Waals surface area (Å²) in [5.74, 6) is 1.02. The first kappa shape index (κ1) is 18.2. The van der Waals surface area contributed by atoms with Gasteiger partial charge in [-0.25, -0.2) is 0 Å². The first-order valence-electron chi connectivity index (χ1n) is 8.61. The van der Waals surface area contributed by atoms with Crippen LogP contribution in [-0.2, 0) is 11.2 Å². The van der Waals surface area contributed by atoms with Crippen LogP contribution in [0, 0.1) is 0 Å². The average Bonchev–Trinajstić information content (AvgIpc) is 3.10. The zero-order chi connectivity index (χ0) is 16.3. The van der Waals surface area contributed by atoms with Crippen molar-refractivity contribution in [2.24, 2.45) is 4.99 Å². The van der Waals surface area contributed by atoms with E-state index in [9.17, 15) is 0 Å². The number of hydrogen-bond donors (Lipinski definition) is 1. The lowest BCUT2D eigenvalue weighted by molar-refractivity contribution is 0.0377. The van der Waals surface area contributed by atoms with Crippen molar-refractivity contribution in [1.29, 1.82) is 0 Å². The first-order chi connectivity index (χ1) is 11.3. The summed E-state index contributed by atoms with van der Waals surface area (Å²) in [6.45, 7) is 9.88. The van der Waals surface area contributed by atoms with Crippen LogP contribution in [0.15, 0.2) is 22.5 Å². The number of hydrogen-bond acceptors (Lipinski definition) is 4. The third kappa shape index (κ3) is 6.89. The lowest BCUT2D eigenvalue weighted by atomic mass is 10.3. The smallest absolute Gasteiger partial charge is 0.193 e. The molecule has 5 nitrogen and oxygen atoms in total. The molecule has 1 saturated heterocycles. The molecule has 1 N–H and O–H groups in total. The molecule has 0 aliphatic carbocycles. The second-order valence-corrected chi connectivity index (χ2v) is 6.83. The van der Waals surface area contributed by atoms with Crippen LogP contribution in [0.25, 0.3) is 0 Å². The third-order valence-corrected chi connectivity index (χ3v) is 4.90. The van der Waals surface area contributed by atoms with E-state index < -0.39 is 0 Å². The van der Waals surface area contributed by atoms with Gasteiger partial charge < -0.3 is 15.0 Å². The highest BCUT2D eigenvalue weighted by molar-refractivity contribution is 7.09. The fourth-order valence-corrected chi connectivity index (χ4v) is 3.31. The molecule has 0 unspecified atom stereocenters. The van der Waals surface area contributed by atoms with Crippen molar-refractivity contribution < 1.29 is 4.74 Å². The molecule has 130 valence electrons. The maximum atomic E-state index is 5.38. The molecule has 1 aliphatic rings. The summed E-state index contributed by atoms with van der Waals surface area (Å²) in [5, 5.41) is 5.54. The molecular weight excluding hydrogens is 308 g/mol. The zero-order valence-corrected chi connectivity index (χ0v) is 15.3. The van der Waals surface area contributed by atoms with E-state index in [2.05, 4.69) is 46.6 Å². The lowest BCUT2D eigenvalue weighted by Crippen LogP contribution is -2.40. The van der Waals surface area contributed by atoms with Gasteiger partial charge in [-0.15, -0.1) is 11.3 Å². The molecule has 6 heteroatoms. The summed E-state index contributed by atoms with van der Waals surface area (Å²) in [6.07, 6.45) is 2.18. The molecule has 1 fully saturated rings. The Labute approximate surface area is 144 Å². The fraction of sp³-hybridized carbons (Fsp3) is 0.706. The predicted octanol–water partition coefficient (Wildman–Crippen LogP) is 1.91. The summed E-state index contributed by atoms with van der Waals surface area (Å²) >= 11 is 1.82. The van der Waals surface area contributed by atoms with Crippen LogP contribution < -0.4 is 5.32 Å². The number of rotatable bonds is 8. The predicted molar refractivity (Wildman–Crippen MR) is 98.5 cm³/mol. The highest BCUT2D eigenvalue weighted by Gasteiger charge is 2.10. The Morgan fingerprint density at radius 2 is 2.26 bits per heavy atom. The normalized spacial score (nSPS) is 16.5. The van der Waals surface area contributed by atoms with E-state index in [0.29, 0.717) is 0 Å². The van der Waals surface area contributed by atoms with E-state index in [1.165, 1.54) is 4.88 Å². The van der Waals surface area contributed by atoms with Gasteiger partial charge in [0.05, 0.1) is 13.2 Å². The Balaban J connectivity index is 1.71. The van der Waals surface area contributed by atoms with E-state index in [1.807, 2.05) is 11.3 Å². The van der Waals surface area contributed by atoms with Gasteiger partial charge in [0.25, 0.3) is 0 Å². The molecule has 2 rings (SSSR count). The van der Waals surface area contributed by atoms with Crippen LogP contribution in [0.3, 0.4) is 0 Å².